The molecule has 1 N–H and O–H groups in total. The zero-order valence-corrected chi connectivity index (χ0v) is 13.0. The van der Waals surface area contributed by atoms with Crippen LogP contribution in [0, 0.1) is 5.41 Å². The Kier molecular flexibility index (Phi) is 6.05. The topological polar surface area (TPSA) is 39.1 Å². The quantitative estimate of drug-likeness (QED) is 0.743. The Hall–Kier alpha value is -0.870. The zero-order valence-electron chi connectivity index (χ0n) is 13.0. The molecule has 1 fully saturated rings. The molecule has 0 unspecified atom stereocenters. The van der Waals surface area contributed by atoms with Crippen molar-refractivity contribution < 1.29 is 4.74 Å². The average molecular weight is 279 g/mol. The van der Waals surface area contributed by atoms with E-state index in [4.69, 9.17) is 4.74 Å². The molecule has 0 atom stereocenters. The van der Waals surface area contributed by atoms with Gasteiger partial charge in [0.1, 0.15) is 0 Å². The largest absolute Gasteiger partial charge is 0.383 e. The number of rotatable bonds is 8. The van der Waals surface area contributed by atoms with Crippen LogP contribution in [0.3, 0.4) is 0 Å². The van der Waals surface area contributed by atoms with Crippen molar-refractivity contribution >= 4 is 0 Å². The third kappa shape index (κ3) is 4.60. The molecular weight excluding hydrogens is 250 g/mol. The molecule has 0 radical (unpaired) electrons. The van der Waals surface area contributed by atoms with E-state index in [1.807, 2.05) is 17.9 Å². The summed E-state index contributed by atoms with van der Waals surface area (Å²) in [6.07, 6.45) is 13.5. The standard InChI is InChI=1S/C16H29N3O/c1-19-13-15(12-18-19)6-9-16(7-4-3-5-8-16)14-17-10-11-20-2/h12-13,17H,3-11,14H2,1-2H3. The smallest absolute Gasteiger partial charge is 0.0587 e. The number of aryl methyl sites for hydroxylation is 2. The third-order valence-electron chi connectivity index (χ3n) is 4.60. The van der Waals surface area contributed by atoms with E-state index in [0.29, 0.717) is 5.41 Å². The van der Waals surface area contributed by atoms with Crippen LogP contribution in [0.15, 0.2) is 12.4 Å². The van der Waals surface area contributed by atoms with Crippen molar-refractivity contribution in [2.45, 2.75) is 44.9 Å². The van der Waals surface area contributed by atoms with E-state index in [9.17, 15) is 0 Å². The van der Waals surface area contributed by atoms with Crippen molar-refractivity contribution in [3.63, 3.8) is 0 Å². The number of ether oxygens (including phenoxy) is 1. The number of nitrogens with zero attached hydrogens (tertiary/aromatic N) is 2. The summed E-state index contributed by atoms with van der Waals surface area (Å²) < 4.78 is 7.03. The minimum atomic E-state index is 0.488. The molecule has 0 spiro atoms. The molecule has 1 saturated carbocycles. The molecule has 0 bridgehead atoms. The van der Waals surface area contributed by atoms with Gasteiger partial charge in [0.25, 0.3) is 0 Å². The zero-order chi connectivity index (χ0) is 14.3. The Labute approximate surface area is 122 Å². The summed E-state index contributed by atoms with van der Waals surface area (Å²) in [7, 11) is 3.76. The maximum atomic E-state index is 5.12. The molecule has 114 valence electrons. The summed E-state index contributed by atoms with van der Waals surface area (Å²) in [6, 6.07) is 0. The first-order chi connectivity index (χ1) is 9.74. The van der Waals surface area contributed by atoms with Gasteiger partial charge in [0.2, 0.25) is 0 Å². The summed E-state index contributed by atoms with van der Waals surface area (Å²) in [5.74, 6) is 0. The fraction of sp³-hybridized carbons (Fsp3) is 0.812. The van der Waals surface area contributed by atoms with E-state index >= 15 is 0 Å². The minimum Gasteiger partial charge on any atom is -0.383 e. The highest BCUT2D eigenvalue weighted by Crippen LogP contribution is 2.39. The number of hydrogen-bond acceptors (Lipinski definition) is 3. The lowest BCUT2D eigenvalue weighted by Crippen LogP contribution is -2.37. The SMILES string of the molecule is COCCNCC1(CCc2cnn(C)c2)CCCCC1. The number of nitrogens with one attached hydrogen (secondary N) is 1. The molecule has 1 aromatic rings. The predicted molar refractivity (Wildman–Crippen MR) is 81.8 cm³/mol. The lowest BCUT2D eigenvalue weighted by atomic mass is 9.70. The molecule has 1 aromatic heterocycles. The predicted octanol–water partition coefficient (Wildman–Crippen LogP) is 2.54. The summed E-state index contributed by atoms with van der Waals surface area (Å²) in [5.41, 5.74) is 1.86. The normalized spacial score (nSPS) is 18.3. The molecular formula is C16H29N3O. The van der Waals surface area contributed by atoms with Crippen molar-refractivity contribution in [3.8, 4) is 0 Å². The first kappa shape index (κ1) is 15.5. The molecule has 4 heteroatoms. The highest BCUT2D eigenvalue weighted by molar-refractivity contribution is 5.05. The molecule has 4 nitrogen and oxygen atoms in total. The van der Waals surface area contributed by atoms with Crippen molar-refractivity contribution in [1.82, 2.24) is 15.1 Å². The molecule has 1 aliphatic carbocycles. The van der Waals surface area contributed by atoms with Gasteiger partial charge in [-0.2, -0.15) is 5.10 Å². The summed E-state index contributed by atoms with van der Waals surface area (Å²) in [4.78, 5) is 0. The molecule has 1 heterocycles. The lowest BCUT2D eigenvalue weighted by molar-refractivity contribution is 0.153. The highest BCUT2D eigenvalue weighted by Gasteiger charge is 2.31. The van der Waals surface area contributed by atoms with E-state index in [0.717, 1.165) is 26.1 Å². The van der Waals surface area contributed by atoms with Gasteiger partial charge in [0, 0.05) is 33.4 Å². The molecule has 0 saturated heterocycles. The van der Waals surface area contributed by atoms with Crippen LogP contribution in [0.25, 0.3) is 0 Å². The fourth-order valence-corrected chi connectivity index (χ4v) is 3.36. The van der Waals surface area contributed by atoms with Crippen molar-refractivity contribution in [2.24, 2.45) is 12.5 Å². The molecule has 0 aromatic carbocycles. The van der Waals surface area contributed by atoms with Gasteiger partial charge >= 0.3 is 0 Å². The van der Waals surface area contributed by atoms with Gasteiger partial charge in [-0.15, -0.1) is 0 Å². The summed E-state index contributed by atoms with van der Waals surface area (Å²) >= 11 is 0. The monoisotopic (exact) mass is 279 g/mol. The second-order valence-electron chi connectivity index (χ2n) is 6.25. The van der Waals surface area contributed by atoms with Gasteiger partial charge in [-0.25, -0.2) is 0 Å². The minimum absolute atomic E-state index is 0.488. The van der Waals surface area contributed by atoms with E-state index in [2.05, 4.69) is 16.6 Å². The van der Waals surface area contributed by atoms with Gasteiger partial charge < -0.3 is 10.1 Å². The second kappa shape index (κ2) is 7.79. The van der Waals surface area contributed by atoms with Gasteiger partial charge in [0.15, 0.2) is 0 Å². The van der Waals surface area contributed by atoms with E-state index < -0.39 is 0 Å². The maximum Gasteiger partial charge on any atom is 0.0587 e. The number of methoxy groups -OCH3 is 1. The summed E-state index contributed by atoms with van der Waals surface area (Å²) in [6.45, 7) is 2.90. The van der Waals surface area contributed by atoms with Gasteiger partial charge in [-0.3, -0.25) is 4.68 Å². The second-order valence-corrected chi connectivity index (χ2v) is 6.25. The Balaban J connectivity index is 1.85. The molecule has 20 heavy (non-hydrogen) atoms. The van der Waals surface area contributed by atoms with Crippen LogP contribution in [-0.2, 0) is 18.2 Å². The molecule has 1 aliphatic rings. The van der Waals surface area contributed by atoms with Crippen LogP contribution in [0.5, 0.6) is 0 Å². The Morgan fingerprint density at radius 3 is 2.80 bits per heavy atom. The van der Waals surface area contributed by atoms with Crippen molar-refractivity contribution in [1.29, 1.82) is 0 Å². The first-order valence-corrected chi connectivity index (χ1v) is 7.91. The van der Waals surface area contributed by atoms with Crippen LogP contribution in [-0.4, -0.2) is 36.6 Å². The first-order valence-electron chi connectivity index (χ1n) is 7.91. The maximum absolute atomic E-state index is 5.12. The van der Waals surface area contributed by atoms with Crippen molar-refractivity contribution in [3.05, 3.63) is 18.0 Å². The Morgan fingerprint density at radius 2 is 2.15 bits per heavy atom. The van der Waals surface area contributed by atoms with Crippen LogP contribution < -0.4 is 5.32 Å². The average Bonchev–Trinajstić information content (AvgIpc) is 2.89. The Morgan fingerprint density at radius 1 is 1.35 bits per heavy atom. The van der Waals surface area contributed by atoms with Crippen LogP contribution in [0.1, 0.15) is 44.1 Å². The fourth-order valence-electron chi connectivity index (χ4n) is 3.36. The molecule has 2 rings (SSSR count). The highest BCUT2D eigenvalue weighted by atomic mass is 16.5. The summed E-state index contributed by atoms with van der Waals surface area (Å²) in [5, 5.41) is 7.87. The lowest BCUT2D eigenvalue weighted by Gasteiger charge is -2.38. The van der Waals surface area contributed by atoms with E-state index in [1.54, 1.807) is 7.11 Å². The van der Waals surface area contributed by atoms with Crippen LogP contribution in [0.4, 0.5) is 0 Å². The van der Waals surface area contributed by atoms with Gasteiger partial charge in [0.05, 0.1) is 12.8 Å². The molecule has 0 amide bonds. The molecule has 0 aliphatic heterocycles. The van der Waals surface area contributed by atoms with Gasteiger partial charge in [-0.05, 0) is 36.7 Å². The van der Waals surface area contributed by atoms with Crippen molar-refractivity contribution in [2.75, 3.05) is 26.8 Å². The number of aromatic nitrogens is 2. The Bertz CT molecular complexity index is 383. The number of hydrogen-bond donors (Lipinski definition) is 1. The van der Waals surface area contributed by atoms with E-state index in [-0.39, 0.29) is 0 Å². The third-order valence-corrected chi connectivity index (χ3v) is 4.60. The van der Waals surface area contributed by atoms with E-state index in [1.165, 1.54) is 44.1 Å². The van der Waals surface area contributed by atoms with Crippen LogP contribution >= 0.6 is 0 Å². The van der Waals surface area contributed by atoms with Crippen LogP contribution in [0.2, 0.25) is 0 Å². The van der Waals surface area contributed by atoms with Gasteiger partial charge in [-0.1, -0.05) is 19.3 Å².